The van der Waals surface area contributed by atoms with E-state index in [0.29, 0.717) is 44.9 Å². The Morgan fingerprint density at radius 1 is 0.580 bits per heavy atom. The molecule has 394 valence electrons. The predicted molar refractivity (Wildman–Crippen MR) is 237 cm³/mol. The lowest BCUT2D eigenvalue weighted by molar-refractivity contribution is -0.384. The third-order valence-electron chi connectivity index (χ3n) is 18.0. The summed E-state index contributed by atoms with van der Waals surface area (Å²) in [6.45, 7) is -0.477. The molecule has 9 rings (SSSR count). The van der Waals surface area contributed by atoms with E-state index in [1.165, 1.54) is 20.3 Å². The Morgan fingerprint density at radius 3 is 1.99 bits per heavy atom. The number of hydrogen-bond acceptors (Lipinski definition) is 19. The van der Waals surface area contributed by atoms with E-state index >= 15 is 0 Å². The van der Waals surface area contributed by atoms with Gasteiger partial charge < -0.3 is 94.1 Å². The molecule has 25 unspecified atom stereocenters. The summed E-state index contributed by atoms with van der Waals surface area (Å²) >= 11 is 0. The van der Waals surface area contributed by atoms with Crippen molar-refractivity contribution in [2.45, 2.75) is 224 Å². The second-order valence-electron chi connectivity index (χ2n) is 22.2. The van der Waals surface area contributed by atoms with Gasteiger partial charge in [0.05, 0.1) is 85.3 Å². The van der Waals surface area contributed by atoms with E-state index in [4.69, 9.17) is 37.9 Å². The van der Waals surface area contributed by atoms with Gasteiger partial charge >= 0.3 is 5.97 Å². The molecule has 0 aromatic heterocycles. The van der Waals surface area contributed by atoms with E-state index in [1.807, 2.05) is 0 Å². The number of methoxy groups -OCH3 is 2. The zero-order valence-corrected chi connectivity index (χ0v) is 39.6. The molecule has 9 aliphatic rings. The normalized spacial score (nSPS) is 53.8. The maximum absolute atomic E-state index is 12.9. The van der Waals surface area contributed by atoms with Gasteiger partial charge in [-0.1, -0.05) is 6.08 Å². The van der Waals surface area contributed by atoms with Crippen molar-refractivity contribution in [3.63, 3.8) is 0 Å². The first-order chi connectivity index (χ1) is 33.0. The molecule has 69 heavy (non-hydrogen) atoms. The fourth-order valence-corrected chi connectivity index (χ4v) is 14.3. The monoisotopic (exact) mass is 988 g/mol. The molecule has 0 amide bonds. The van der Waals surface area contributed by atoms with Gasteiger partial charge in [0.2, 0.25) is 0 Å². The Bertz CT molecular complexity index is 1700. The van der Waals surface area contributed by atoms with E-state index in [9.17, 15) is 61.0 Å². The fourth-order valence-electron chi connectivity index (χ4n) is 14.3. The smallest absolute Gasteiger partial charge is 0.330 e. The van der Waals surface area contributed by atoms with Crippen LogP contribution in [-0.4, -0.2) is 222 Å². The summed E-state index contributed by atoms with van der Waals surface area (Å²) in [5.74, 6) is -3.30. The largest absolute Gasteiger partial charge is 0.460 e. The molecule has 0 spiro atoms. The van der Waals surface area contributed by atoms with Crippen molar-refractivity contribution in [3.8, 4) is 0 Å². The number of aliphatic hydroxyl groups excluding tert-OH is 11. The van der Waals surface area contributed by atoms with Crippen LogP contribution in [0, 0.1) is 41.4 Å². The first-order valence-electron chi connectivity index (χ1n) is 25.7. The van der Waals surface area contributed by atoms with E-state index < -0.39 is 159 Å². The minimum Gasteiger partial charge on any atom is -0.460 e. The van der Waals surface area contributed by atoms with Gasteiger partial charge in [0.15, 0.2) is 18.5 Å². The lowest BCUT2D eigenvalue weighted by atomic mass is 9.61. The lowest BCUT2D eigenvalue weighted by Gasteiger charge is -2.58. The first-order valence-corrected chi connectivity index (χ1v) is 25.7. The number of ether oxygens (including phenoxy) is 8. The molecule has 0 aromatic carbocycles. The summed E-state index contributed by atoms with van der Waals surface area (Å²) in [7, 11) is 3.02. The van der Waals surface area contributed by atoms with E-state index in [1.54, 1.807) is 6.08 Å². The number of allylic oxidation sites excluding steroid dienone is 1. The van der Waals surface area contributed by atoms with E-state index in [-0.39, 0.29) is 61.9 Å². The topological polar surface area (TPSA) is 317 Å². The minimum absolute atomic E-state index is 0.00131. The lowest BCUT2D eigenvalue weighted by Crippen LogP contribution is -2.69. The van der Waals surface area contributed by atoms with Gasteiger partial charge in [-0.15, -0.1) is 0 Å². The van der Waals surface area contributed by atoms with Crippen molar-refractivity contribution in [3.05, 3.63) is 12.2 Å². The van der Waals surface area contributed by atoms with Crippen LogP contribution in [0.1, 0.15) is 89.9 Å². The van der Waals surface area contributed by atoms with Crippen molar-refractivity contribution < 1.29 is 98.9 Å². The standard InChI is InChI=1S/C49H78O20/c1-62-35-12-22(13-36(63-2)41(35)58)46-48(69-49-44(61)43(60)42(59)37(67-49)19-64-38(57)10-5-20-3-7-23(50)8-4-20)26-17-34(65-32-14-24(51)15-33(66-46)39(26)32)40-30(55)18-28(53)25-16-31(56)45(68-47(25)40)21-6-9-27(52)29(54)11-21/h5,10,20-37,39-56,58-61H,3-4,6-9,11-19H2,1-2H3/p+1. The molecule has 4 heterocycles. The van der Waals surface area contributed by atoms with Gasteiger partial charge in [-0.2, -0.15) is 0 Å². The highest BCUT2D eigenvalue weighted by Crippen LogP contribution is 2.54. The van der Waals surface area contributed by atoms with Crippen LogP contribution in [0.5, 0.6) is 0 Å². The summed E-state index contributed by atoms with van der Waals surface area (Å²) in [5.41, 5.74) is 0. The third-order valence-corrected chi connectivity index (χ3v) is 18.0. The average Bonchev–Trinajstić information content (AvgIpc) is 3.32. The zero-order valence-electron chi connectivity index (χ0n) is 39.6. The number of fused-ring (bicyclic) bond motifs is 1. The van der Waals surface area contributed by atoms with Gasteiger partial charge in [0.25, 0.3) is 0 Å². The number of aliphatic hydroxyl groups is 13. The molecular formula is C49H79O20+. The van der Waals surface area contributed by atoms with Gasteiger partial charge in [0, 0.05) is 63.2 Å². The van der Waals surface area contributed by atoms with Crippen LogP contribution in [0.25, 0.3) is 0 Å². The summed E-state index contributed by atoms with van der Waals surface area (Å²) < 4.78 is 49.5. The van der Waals surface area contributed by atoms with Crippen LogP contribution in [0.15, 0.2) is 12.2 Å². The first kappa shape index (κ1) is 52.4. The van der Waals surface area contributed by atoms with Crippen molar-refractivity contribution >= 4 is 5.97 Å². The van der Waals surface area contributed by atoms with Gasteiger partial charge in [-0.25, -0.2) is 4.79 Å². The zero-order chi connectivity index (χ0) is 49.0. The number of rotatable bonds is 11. The van der Waals surface area contributed by atoms with Crippen molar-refractivity contribution in [2.75, 3.05) is 20.8 Å². The van der Waals surface area contributed by atoms with Gasteiger partial charge in [-0.3, -0.25) is 0 Å². The number of carbonyl (C=O) groups excluding carboxylic acids is 1. The van der Waals surface area contributed by atoms with Crippen molar-refractivity contribution in [1.29, 1.82) is 0 Å². The van der Waals surface area contributed by atoms with Gasteiger partial charge in [-0.05, 0) is 82.5 Å². The van der Waals surface area contributed by atoms with E-state index in [2.05, 4.69) is 0 Å². The van der Waals surface area contributed by atoms with Crippen molar-refractivity contribution in [1.82, 2.24) is 0 Å². The molecule has 4 saturated heterocycles. The molecule has 20 nitrogen and oxygen atoms in total. The second-order valence-corrected chi connectivity index (χ2v) is 22.2. The molecule has 5 aliphatic carbocycles. The predicted octanol–water partition coefficient (Wildman–Crippen LogP) is -2.15. The number of esters is 1. The van der Waals surface area contributed by atoms with Gasteiger partial charge in [0.1, 0.15) is 43.2 Å². The van der Waals surface area contributed by atoms with Crippen molar-refractivity contribution in [2.24, 2.45) is 41.4 Å². The Labute approximate surface area is 402 Å². The Balaban J connectivity index is 1.01. The molecule has 5 saturated carbocycles. The molecule has 25 atom stereocenters. The summed E-state index contributed by atoms with van der Waals surface area (Å²) in [5, 5.41) is 122. The van der Waals surface area contributed by atoms with Crippen LogP contribution in [0.3, 0.4) is 0 Å². The summed E-state index contributed by atoms with van der Waals surface area (Å²) in [6, 6.07) is 0. The molecule has 0 bridgehead atoms. The highest BCUT2D eigenvalue weighted by molar-refractivity contribution is 5.81. The van der Waals surface area contributed by atoms with Crippen LogP contribution >= 0.6 is 0 Å². The Hall–Kier alpha value is -1.51. The average molecular weight is 988 g/mol. The minimum atomic E-state index is -1.77. The highest BCUT2D eigenvalue weighted by atomic mass is 16.7. The summed E-state index contributed by atoms with van der Waals surface area (Å²) in [6.07, 6.45) is -12.7. The molecule has 4 aliphatic heterocycles. The van der Waals surface area contributed by atoms with Crippen LogP contribution < -0.4 is 0 Å². The van der Waals surface area contributed by atoms with Crippen LogP contribution in [0.2, 0.25) is 0 Å². The number of hydrogen-bond donors (Lipinski definition) is 11. The Kier molecular flexibility index (Phi) is 16.8. The number of carbonyl (C=O) groups is 1. The maximum atomic E-state index is 12.9. The van der Waals surface area contributed by atoms with E-state index in [0.717, 1.165) is 12.8 Å². The quantitative estimate of drug-likeness (QED) is 0.0598. The molecule has 20 heteroatoms. The second kappa shape index (κ2) is 22.1. The molecule has 12 N–H and O–H groups in total. The molecule has 9 fully saturated rings. The highest BCUT2D eigenvalue weighted by Gasteiger charge is 2.65. The van der Waals surface area contributed by atoms with Crippen LogP contribution in [0.4, 0.5) is 0 Å². The maximum Gasteiger partial charge on any atom is 0.330 e. The Morgan fingerprint density at radius 2 is 1.29 bits per heavy atom. The molecule has 0 radical (unpaired) electrons. The third kappa shape index (κ3) is 10.9. The summed E-state index contributed by atoms with van der Waals surface area (Å²) in [4.78, 5) is 12.9. The fraction of sp³-hybridized carbons (Fsp3) is 0.939. The molecular weight excluding hydrogens is 909 g/mol. The molecule has 0 aromatic rings. The SMILES string of the molecule is COC1CC(C2[OH+]C3CC(O)CC4OC(C5C(O)CC(O)C6CC(O)C(C7CCC(O)C(O)C7)OC65)CC(C2OC2OC(COC(=O)C=CC5CCC(O)CC5)C(O)C(O)C2O)C43)CC(OC)C1O. The van der Waals surface area contributed by atoms with Crippen LogP contribution in [-0.2, 0) is 38.0 Å².